The highest BCUT2D eigenvalue weighted by Gasteiger charge is 2.19. The molecule has 0 spiro atoms. The Kier molecular flexibility index (Phi) is 5.83. The third-order valence-corrected chi connectivity index (χ3v) is 4.89. The van der Waals surface area contributed by atoms with E-state index in [2.05, 4.69) is 19.2 Å². The Hall–Kier alpha value is 0.110. The lowest BCUT2D eigenvalue weighted by Crippen LogP contribution is -2.32. The molecular weight excluding hydrogens is 206 g/mol. The molecule has 0 radical (unpaired) electrons. The fraction of sp³-hybridized carbons (Fsp3) is 1.00. The molecule has 1 saturated carbocycles. The highest BCUT2D eigenvalue weighted by molar-refractivity contribution is 7.84. The molecule has 3 unspecified atom stereocenters. The Morgan fingerprint density at radius 1 is 1.40 bits per heavy atom. The Morgan fingerprint density at radius 2 is 2.07 bits per heavy atom. The van der Waals surface area contributed by atoms with E-state index >= 15 is 0 Å². The fourth-order valence-electron chi connectivity index (χ4n) is 2.01. The van der Waals surface area contributed by atoms with E-state index in [4.69, 9.17) is 0 Å². The average Bonchev–Trinajstić information content (AvgIpc) is 2.11. The summed E-state index contributed by atoms with van der Waals surface area (Å²) in [7, 11) is -0.666. The van der Waals surface area contributed by atoms with Gasteiger partial charge in [-0.05, 0) is 32.2 Å². The number of rotatable bonds is 7. The van der Waals surface area contributed by atoms with Crippen LogP contribution in [0.3, 0.4) is 0 Å². The van der Waals surface area contributed by atoms with Crippen LogP contribution >= 0.6 is 0 Å². The second-order valence-corrected chi connectivity index (χ2v) is 6.79. The normalized spacial score (nSPS) is 23.1. The molecule has 3 atom stereocenters. The topological polar surface area (TPSA) is 29.1 Å². The van der Waals surface area contributed by atoms with Crippen LogP contribution in [0.15, 0.2) is 0 Å². The Morgan fingerprint density at radius 3 is 2.53 bits per heavy atom. The van der Waals surface area contributed by atoms with Gasteiger partial charge in [0.25, 0.3) is 0 Å². The molecule has 1 fully saturated rings. The zero-order chi connectivity index (χ0) is 11.3. The summed E-state index contributed by atoms with van der Waals surface area (Å²) in [5.41, 5.74) is 0. The van der Waals surface area contributed by atoms with E-state index in [1.807, 2.05) is 0 Å². The molecule has 15 heavy (non-hydrogen) atoms. The van der Waals surface area contributed by atoms with Crippen LogP contribution in [0.4, 0.5) is 0 Å². The molecule has 0 aromatic carbocycles. The van der Waals surface area contributed by atoms with E-state index in [0.717, 1.165) is 18.9 Å². The van der Waals surface area contributed by atoms with Crippen molar-refractivity contribution in [2.24, 2.45) is 5.92 Å². The predicted molar refractivity (Wildman–Crippen MR) is 67.6 cm³/mol. The van der Waals surface area contributed by atoms with Gasteiger partial charge in [-0.2, -0.15) is 0 Å². The van der Waals surface area contributed by atoms with Gasteiger partial charge in [-0.15, -0.1) is 0 Å². The van der Waals surface area contributed by atoms with Crippen molar-refractivity contribution in [3.63, 3.8) is 0 Å². The minimum atomic E-state index is -0.666. The molecular formula is C12H25NOS. The summed E-state index contributed by atoms with van der Waals surface area (Å²) in [6.45, 7) is 5.34. The van der Waals surface area contributed by atoms with Gasteiger partial charge in [0, 0.05) is 28.3 Å². The molecule has 1 aliphatic rings. The van der Waals surface area contributed by atoms with Crippen molar-refractivity contribution < 1.29 is 4.21 Å². The molecule has 1 aliphatic carbocycles. The Bertz CT molecular complexity index is 204. The summed E-state index contributed by atoms with van der Waals surface area (Å²) in [4.78, 5) is 0. The zero-order valence-electron chi connectivity index (χ0n) is 10.3. The molecule has 0 heterocycles. The van der Waals surface area contributed by atoms with E-state index in [-0.39, 0.29) is 0 Å². The molecule has 90 valence electrons. The summed E-state index contributed by atoms with van der Waals surface area (Å²) in [5.74, 6) is 0.977. The van der Waals surface area contributed by atoms with Crippen LogP contribution in [0, 0.1) is 5.92 Å². The van der Waals surface area contributed by atoms with Crippen LogP contribution in [0.1, 0.15) is 46.0 Å². The van der Waals surface area contributed by atoms with Gasteiger partial charge in [0.05, 0.1) is 0 Å². The highest BCUT2D eigenvalue weighted by atomic mass is 32.2. The monoisotopic (exact) mass is 231 g/mol. The van der Waals surface area contributed by atoms with Gasteiger partial charge < -0.3 is 5.32 Å². The van der Waals surface area contributed by atoms with Crippen LogP contribution in [0.2, 0.25) is 0 Å². The van der Waals surface area contributed by atoms with Crippen molar-refractivity contribution in [1.29, 1.82) is 0 Å². The van der Waals surface area contributed by atoms with Gasteiger partial charge in [-0.1, -0.05) is 26.2 Å². The van der Waals surface area contributed by atoms with Gasteiger partial charge >= 0.3 is 0 Å². The fourth-order valence-corrected chi connectivity index (χ4v) is 2.46. The van der Waals surface area contributed by atoms with Gasteiger partial charge in [0.2, 0.25) is 0 Å². The van der Waals surface area contributed by atoms with E-state index < -0.39 is 10.8 Å². The first-order valence-corrected chi connectivity index (χ1v) is 7.77. The molecule has 1 rings (SSSR count). The van der Waals surface area contributed by atoms with Crippen molar-refractivity contribution in [2.75, 3.05) is 12.8 Å². The van der Waals surface area contributed by atoms with Gasteiger partial charge in [-0.3, -0.25) is 4.21 Å². The molecule has 0 bridgehead atoms. The van der Waals surface area contributed by atoms with Crippen LogP contribution in [-0.4, -0.2) is 28.3 Å². The number of hydrogen-bond donors (Lipinski definition) is 1. The maximum atomic E-state index is 11.1. The Balaban J connectivity index is 2.00. The SMILES string of the molecule is CC(CC1CCC1)NCCC(C)S(C)=O. The molecule has 0 aliphatic heterocycles. The summed E-state index contributed by atoms with van der Waals surface area (Å²) in [6, 6.07) is 0.632. The zero-order valence-corrected chi connectivity index (χ0v) is 11.1. The smallest absolute Gasteiger partial charge is 0.0329 e. The summed E-state index contributed by atoms with van der Waals surface area (Å²) >= 11 is 0. The lowest BCUT2D eigenvalue weighted by molar-refractivity contribution is 0.266. The average molecular weight is 231 g/mol. The maximum Gasteiger partial charge on any atom is 0.0329 e. The Labute approximate surface area is 96.7 Å². The first-order valence-electron chi connectivity index (χ1n) is 6.15. The third kappa shape index (κ3) is 5.12. The highest BCUT2D eigenvalue weighted by Crippen LogP contribution is 2.30. The van der Waals surface area contributed by atoms with E-state index in [1.165, 1.54) is 25.7 Å². The summed E-state index contributed by atoms with van der Waals surface area (Å²) < 4.78 is 11.1. The lowest BCUT2D eigenvalue weighted by atomic mass is 9.81. The van der Waals surface area contributed by atoms with Crippen molar-refractivity contribution in [3.05, 3.63) is 0 Å². The second kappa shape index (κ2) is 6.64. The predicted octanol–water partition coefficient (Wildman–Crippen LogP) is 2.31. The van der Waals surface area contributed by atoms with Crippen LogP contribution in [-0.2, 0) is 10.8 Å². The lowest BCUT2D eigenvalue weighted by Gasteiger charge is -2.28. The number of hydrogen-bond acceptors (Lipinski definition) is 2. The minimum Gasteiger partial charge on any atom is -0.314 e. The van der Waals surface area contributed by atoms with Crippen molar-refractivity contribution in [2.45, 2.75) is 57.2 Å². The van der Waals surface area contributed by atoms with E-state index in [0.29, 0.717) is 11.3 Å². The molecule has 0 aromatic heterocycles. The largest absolute Gasteiger partial charge is 0.314 e. The molecule has 2 nitrogen and oxygen atoms in total. The first kappa shape index (κ1) is 13.2. The third-order valence-electron chi connectivity index (χ3n) is 3.52. The van der Waals surface area contributed by atoms with Crippen LogP contribution < -0.4 is 5.32 Å². The van der Waals surface area contributed by atoms with E-state index in [9.17, 15) is 4.21 Å². The second-order valence-electron chi connectivity index (χ2n) is 4.99. The molecule has 0 saturated heterocycles. The minimum absolute atomic E-state index is 0.327. The van der Waals surface area contributed by atoms with Crippen LogP contribution in [0.5, 0.6) is 0 Å². The van der Waals surface area contributed by atoms with Crippen molar-refractivity contribution in [1.82, 2.24) is 5.32 Å². The quantitative estimate of drug-likeness (QED) is 0.728. The standard InChI is InChI=1S/C12H25NOS/c1-10(9-12-5-4-6-12)13-8-7-11(2)15(3)14/h10-13H,4-9H2,1-3H3. The molecule has 0 amide bonds. The van der Waals surface area contributed by atoms with Crippen molar-refractivity contribution in [3.8, 4) is 0 Å². The maximum absolute atomic E-state index is 11.1. The van der Waals surface area contributed by atoms with Gasteiger partial charge in [-0.25, -0.2) is 0 Å². The first-order chi connectivity index (χ1) is 7.09. The van der Waals surface area contributed by atoms with Gasteiger partial charge in [0.15, 0.2) is 0 Å². The van der Waals surface area contributed by atoms with Crippen molar-refractivity contribution >= 4 is 10.8 Å². The van der Waals surface area contributed by atoms with E-state index in [1.54, 1.807) is 6.26 Å². The molecule has 1 N–H and O–H groups in total. The van der Waals surface area contributed by atoms with Gasteiger partial charge in [0.1, 0.15) is 0 Å². The molecule has 0 aromatic rings. The summed E-state index contributed by atoms with van der Waals surface area (Å²) in [5, 5.41) is 3.86. The van der Waals surface area contributed by atoms with Crippen LogP contribution in [0.25, 0.3) is 0 Å². The number of nitrogens with one attached hydrogen (secondary N) is 1. The summed E-state index contributed by atoms with van der Waals surface area (Å²) in [6.07, 6.45) is 8.44. The molecule has 3 heteroatoms.